The zero-order valence-corrected chi connectivity index (χ0v) is 11.5. The largest absolute Gasteiger partial charge is 0.497 e. The number of carbonyl (C=O) groups is 1. The fourth-order valence-corrected chi connectivity index (χ4v) is 1.92. The van der Waals surface area contributed by atoms with Crippen LogP contribution >= 0.6 is 0 Å². The van der Waals surface area contributed by atoms with E-state index in [4.69, 9.17) is 4.74 Å². The number of hydrogen-bond donors (Lipinski definition) is 2. The van der Waals surface area contributed by atoms with Crippen LogP contribution < -0.4 is 15.4 Å². The fraction of sp³-hybridized carbons (Fsp3) is 0.188. The summed E-state index contributed by atoms with van der Waals surface area (Å²) in [5.41, 5.74) is 1.05. The topological polar surface area (TPSA) is 50.4 Å². The third kappa shape index (κ3) is 3.51. The molecule has 2 N–H and O–H groups in total. The van der Waals surface area contributed by atoms with Crippen LogP contribution in [-0.2, 0) is 6.54 Å². The van der Waals surface area contributed by atoms with Crippen LogP contribution in [0.3, 0.4) is 0 Å². The summed E-state index contributed by atoms with van der Waals surface area (Å²) < 4.78 is 5.20. The van der Waals surface area contributed by atoms with Gasteiger partial charge in [0, 0.05) is 13.1 Å². The molecule has 2 aromatic carbocycles. The zero-order valence-electron chi connectivity index (χ0n) is 11.5. The molecule has 104 valence electrons. The molecular weight excluding hydrogens is 252 g/mol. The summed E-state index contributed by atoms with van der Waals surface area (Å²) in [6.07, 6.45) is 1.64. The first-order chi connectivity index (χ1) is 9.72. The molecule has 0 saturated carbocycles. The Morgan fingerprint density at radius 2 is 1.95 bits per heavy atom. The molecule has 2 amide bonds. The van der Waals surface area contributed by atoms with Crippen LogP contribution in [0.4, 0.5) is 4.79 Å². The normalized spacial score (nSPS) is 10.1. The van der Waals surface area contributed by atoms with Crippen LogP contribution in [0.15, 0.2) is 49.1 Å². The van der Waals surface area contributed by atoms with Crippen LogP contribution in [0, 0.1) is 0 Å². The van der Waals surface area contributed by atoms with Gasteiger partial charge in [0.15, 0.2) is 0 Å². The zero-order chi connectivity index (χ0) is 14.4. The highest BCUT2D eigenvalue weighted by atomic mass is 16.5. The van der Waals surface area contributed by atoms with Crippen molar-refractivity contribution in [3.8, 4) is 5.75 Å². The Morgan fingerprint density at radius 3 is 2.70 bits per heavy atom. The van der Waals surface area contributed by atoms with Crippen molar-refractivity contribution in [1.82, 2.24) is 10.6 Å². The molecule has 0 saturated heterocycles. The molecule has 0 atom stereocenters. The van der Waals surface area contributed by atoms with Crippen molar-refractivity contribution in [2.75, 3.05) is 13.7 Å². The van der Waals surface area contributed by atoms with Crippen molar-refractivity contribution in [2.45, 2.75) is 6.54 Å². The van der Waals surface area contributed by atoms with Gasteiger partial charge in [-0.05, 0) is 34.5 Å². The molecule has 0 aromatic heterocycles. The van der Waals surface area contributed by atoms with E-state index in [1.54, 1.807) is 13.2 Å². The third-order valence-corrected chi connectivity index (χ3v) is 2.97. The van der Waals surface area contributed by atoms with Gasteiger partial charge in [-0.25, -0.2) is 4.79 Å². The number of nitrogens with one attached hydrogen (secondary N) is 2. The van der Waals surface area contributed by atoms with Crippen molar-refractivity contribution in [3.05, 3.63) is 54.6 Å². The summed E-state index contributed by atoms with van der Waals surface area (Å²) in [5, 5.41) is 7.71. The average Bonchev–Trinajstić information content (AvgIpc) is 2.50. The molecule has 0 radical (unpaired) electrons. The first-order valence-corrected chi connectivity index (χ1v) is 6.42. The van der Waals surface area contributed by atoms with Gasteiger partial charge in [0.05, 0.1) is 7.11 Å². The van der Waals surface area contributed by atoms with Gasteiger partial charge in [0.2, 0.25) is 0 Å². The van der Waals surface area contributed by atoms with Gasteiger partial charge < -0.3 is 15.4 Å². The second-order valence-corrected chi connectivity index (χ2v) is 4.40. The van der Waals surface area contributed by atoms with E-state index in [0.717, 1.165) is 22.1 Å². The van der Waals surface area contributed by atoms with E-state index in [9.17, 15) is 4.79 Å². The average molecular weight is 270 g/mol. The summed E-state index contributed by atoms with van der Waals surface area (Å²) in [6, 6.07) is 11.8. The summed E-state index contributed by atoms with van der Waals surface area (Å²) >= 11 is 0. The molecule has 0 fully saturated rings. The summed E-state index contributed by atoms with van der Waals surface area (Å²) in [7, 11) is 1.65. The number of hydrogen-bond acceptors (Lipinski definition) is 2. The van der Waals surface area contributed by atoms with Gasteiger partial charge in [0.25, 0.3) is 0 Å². The maximum absolute atomic E-state index is 11.4. The van der Waals surface area contributed by atoms with Gasteiger partial charge in [-0.3, -0.25) is 0 Å². The van der Waals surface area contributed by atoms with Gasteiger partial charge in [-0.2, -0.15) is 0 Å². The standard InChI is InChI=1S/C16H18N2O2/c1-3-8-17-16(19)18-11-12-4-5-14-10-15(20-2)7-6-13(14)9-12/h3-7,9-10H,1,8,11H2,2H3,(H2,17,18,19). The Bertz CT molecular complexity index is 623. The minimum atomic E-state index is -0.195. The number of benzene rings is 2. The molecule has 0 aliphatic carbocycles. The van der Waals surface area contributed by atoms with Crippen LogP contribution in [0.5, 0.6) is 5.75 Å². The van der Waals surface area contributed by atoms with Crippen LogP contribution in [0.2, 0.25) is 0 Å². The van der Waals surface area contributed by atoms with Crippen LogP contribution in [0.25, 0.3) is 10.8 Å². The van der Waals surface area contributed by atoms with Crippen molar-refractivity contribution >= 4 is 16.8 Å². The van der Waals surface area contributed by atoms with E-state index in [1.807, 2.05) is 30.3 Å². The Hall–Kier alpha value is -2.49. The molecule has 20 heavy (non-hydrogen) atoms. The molecule has 2 rings (SSSR count). The third-order valence-electron chi connectivity index (χ3n) is 2.97. The molecule has 4 heteroatoms. The number of rotatable bonds is 5. The van der Waals surface area contributed by atoms with E-state index in [-0.39, 0.29) is 6.03 Å². The molecule has 0 aliphatic rings. The molecule has 0 bridgehead atoms. The molecule has 0 unspecified atom stereocenters. The lowest BCUT2D eigenvalue weighted by Crippen LogP contribution is -2.34. The SMILES string of the molecule is C=CCNC(=O)NCc1ccc2cc(OC)ccc2c1. The van der Waals surface area contributed by atoms with Crippen LogP contribution in [-0.4, -0.2) is 19.7 Å². The quantitative estimate of drug-likeness (QED) is 0.821. The molecule has 0 aliphatic heterocycles. The minimum Gasteiger partial charge on any atom is -0.497 e. The first kappa shape index (κ1) is 13.9. The molecular formula is C16H18N2O2. The predicted octanol–water partition coefficient (Wildman–Crippen LogP) is 2.83. The fourth-order valence-electron chi connectivity index (χ4n) is 1.92. The number of amides is 2. The first-order valence-electron chi connectivity index (χ1n) is 6.42. The molecule has 0 spiro atoms. The van der Waals surface area contributed by atoms with E-state index in [2.05, 4.69) is 23.3 Å². The Morgan fingerprint density at radius 1 is 1.20 bits per heavy atom. The van der Waals surface area contributed by atoms with Gasteiger partial charge in [-0.1, -0.05) is 24.3 Å². The molecule has 0 heterocycles. The summed E-state index contributed by atoms with van der Waals surface area (Å²) in [6.45, 7) is 4.50. The number of methoxy groups -OCH3 is 1. The lowest BCUT2D eigenvalue weighted by atomic mass is 10.1. The molecule has 4 nitrogen and oxygen atoms in total. The lowest BCUT2D eigenvalue weighted by Gasteiger charge is -2.08. The highest BCUT2D eigenvalue weighted by Gasteiger charge is 2.01. The predicted molar refractivity (Wildman–Crippen MR) is 80.9 cm³/mol. The molecule has 2 aromatic rings. The maximum atomic E-state index is 11.4. The monoisotopic (exact) mass is 270 g/mol. The van der Waals surface area contributed by atoms with Gasteiger partial charge >= 0.3 is 6.03 Å². The second kappa shape index (κ2) is 6.61. The van der Waals surface area contributed by atoms with Gasteiger partial charge in [-0.15, -0.1) is 6.58 Å². The number of ether oxygens (including phenoxy) is 1. The second-order valence-electron chi connectivity index (χ2n) is 4.40. The minimum absolute atomic E-state index is 0.195. The number of urea groups is 1. The van der Waals surface area contributed by atoms with Crippen molar-refractivity contribution in [2.24, 2.45) is 0 Å². The van der Waals surface area contributed by atoms with E-state index < -0.39 is 0 Å². The van der Waals surface area contributed by atoms with E-state index >= 15 is 0 Å². The number of fused-ring (bicyclic) bond motifs is 1. The number of carbonyl (C=O) groups excluding carboxylic acids is 1. The van der Waals surface area contributed by atoms with E-state index in [0.29, 0.717) is 13.1 Å². The Balaban J connectivity index is 2.04. The Labute approximate surface area is 118 Å². The van der Waals surface area contributed by atoms with Crippen molar-refractivity contribution in [3.63, 3.8) is 0 Å². The van der Waals surface area contributed by atoms with Gasteiger partial charge in [0.1, 0.15) is 5.75 Å². The lowest BCUT2D eigenvalue weighted by molar-refractivity contribution is 0.241. The van der Waals surface area contributed by atoms with Crippen LogP contribution in [0.1, 0.15) is 5.56 Å². The highest BCUT2D eigenvalue weighted by Crippen LogP contribution is 2.21. The maximum Gasteiger partial charge on any atom is 0.315 e. The summed E-state index contributed by atoms with van der Waals surface area (Å²) in [4.78, 5) is 11.4. The van der Waals surface area contributed by atoms with Crippen molar-refractivity contribution < 1.29 is 9.53 Å². The van der Waals surface area contributed by atoms with Crippen molar-refractivity contribution in [1.29, 1.82) is 0 Å². The highest BCUT2D eigenvalue weighted by molar-refractivity contribution is 5.84. The summed E-state index contributed by atoms with van der Waals surface area (Å²) in [5.74, 6) is 0.840. The van der Waals surface area contributed by atoms with E-state index in [1.165, 1.54) is 0 Å². The Kier molecular flexibility index (Phi) is 4.60. The smallest absolute Gasteiger partial charge is 0.315 e.